The molecule has 2 aromatic heterocycles. The van der Waals surface area contributed by atoms with Crippen LogP contribution in [0.5, 0.6) is 0 Å². The van der Waals surface area contributed by atoms with E-state index in [9.17, 15) is 4.79 Å². The van der Waals surface area contributed by atoms with Gasteiger partial charge >= 0.3 is 5.97 Å². The van der Waals surface area contributed by atoms with Crippen molar-refractivity contribution in [3.05, 3.63) is 51.9 Å². The van der Waals surface area contributed by atoms with E-state index in [1.807, 2.05) is 12.1 Å². The van der Waals surface area contributed by atoms with Gasteiger partial charge in [-0.2, -0.15) is 0 Å². The van der Waals surface area contributed by atoms with Crippen molar-refractivity contribution in [3.8, 4) is 0 Å². The van der Waals surface area contributed by atoms with Gasteiger partial charge in [0.25, 0.3) is 0 Å². The normalized spacial score (nSPS) is 10.9. The lowest BCUT2D eigenvalue weighted by Gasteiger charge is -2.12. The summed E-state index contributed by atoms with van der Waals surface area (Å²) in [4.78, 5) is 19.9. The summed E-state index contributed by atoms with van der Waals surface area (Å²) in [5, 5.41) is 3.40. The molecule has 0 aliphatic carbocycles. The molecule has 6 nitrogen and oxygen atoms in total. The van der Waals surface area contributed by atoms with Gasteiger partial charge in [0.1, 0.15) is 28.8 Å². The molecule has 0 bridgehead atoms. The number of nitrogens with two attached hydrogens (primary N) is 1. The molecule has 0 fully saturated rings. The maximum atomic E-state index is 12.0. The molecular weight excluding hydrogens is 410 g/mol. The monoisotopic (exact) mass is 426 g/mol. The Morgan fingerprint density at radius 1 is 1.24 bits per heavy atom. The number of ether oxygens (including phenoxy) is 1. The number of pyridine rings is 2. The quantitative estimate of drug-likeness (QED) is 0.543. The molecule has 10 heteroatoms. The first-order chi connectivity index (χ1) is 11.0. The Morgan fingerprint density at radius 2 is 1.88 bits per heavy atom. The standard InChI is InChI=1S/C15H16Cl2N4O2.2ClH/c1-19-14-3-2-9(7-20-14)4-11(18)15(22)23-8-10-5-12(16)21-13(17)6-10;;/h2-3,5-7,11H,4,8,18H2,1H3,(H,19,20);2*1H/t11-;;/m0../s1. The van der Waals surface area contributed by atoms with Crippen LogP contribution in [0.25, 0.3) is 0 Å². The van der Waals surface area contributed by atoms with Crippen molar-refractivity contribution in [2.45, 2.75) is 19.1 Å². The average molecular weight is 428 g/mol. The van der Waals surface area contributed by atoms with E-state index in [0.717, 1.165) is 11.4 Å². The van der Waals surface area contributed by atoms with E-state index in [1.165, 1.54) is 0 Å². The van der Waals surface area contributed by atoms with Gasteiger partial charge in [-0.05, 0) is 35.7 Å². The Hall–Kier alpha value is -1.31. The number of halogens is 4. The van der Waals surface area contributed by atoms with Gasteiger partial charge in [0.2, 0.25) is 0 Å². The fourth-order valence-electron chi connectivity index (χ4n) is 1.89. The minimum absolute atomic E-state index is 0. The number of anilines is 1. The molecule has 3 N–H and O–H groups in total. The van der Waals surface area contributed by atoms with Gasteiger partial charge in [0.05, 0.1) is 0 Å². The minimum Gasteiger partial charge on any atom is -0.460 e. The van der Waals surface area contributed by atoms with E-state index in [2.05, 4.69) is 15.3 Å². The molecule has 0 spiro atoms. The number of carbonyl (C=O) groups is 1. The van der Waals surface area contributed by atoms with Crippen LogP contribution in [0.2, 0.25) is 10.3 Å². The van der Waals surface area contributed by atoms with Gasteiger partial charge in [-0.3, -0.25) is 4.79 Å². The van der Waals surface area contributed by atoms with Crippen molar-refractivity contribution < 1.29 is 9.53 Å². The molecule has 2 rings (SSSR count). The smallest absolute Gasteiger partial charge is 0.323 e. The summed E-state index contributed by atoms with van der Waals surface area (Å²) in [7, 11) is 1.78. The highest BCUT2D eigenvalue weighted by Crippen LogP contribution is 2.15. The number of hydrogen-bond donors (Lipinski definition) is 2. The van der Waals surface area contributed by atoms with Gasteiger partial charge in [0.15, 0.2) is 0 Å². The van der Waals surface area contributed by atoms with Crippen LogP contribution in [0.1, 0.15) is 11.1 Å². The molecule has 0 saturated heterocycles. The Kier molecular flexibility index (Phi) is 10.7. The summed E-state index contributed by atoms with van der Waals surface area (Å²) in [5.41, 5.74) is 7.36. The van der Waals surface area contributed by atoms with E-state index >= 15 is 0 Å². The number of aromatic nitrogens is 2. The first-order valence-electron chi connectivity index (χ1n) is 6.85. The molecule has 0 aliphatic heterocycles. The minimum atomic E-state index is -0.773. The zero-order chi connectivity index (χ0) is 16.8. The van der Waals surface area contributed by atoms with Crippen molar-refractivity contribution in [1.29, 1.82) is 0 Å². The van der Waals surface area contributed by atoms with E-state index < -0.39 is 12.0 Å². The van der Waals surface area contributed by atoms with Crippen LogP contribution >= 0.6 is 48.0 Å². The van der Waals surface area contributed by atoms with Crippen LogP contribution in [0.15, 0.2) is 30.5 Å². The lowest BCUT2D eigenvalue weighted by Crippen LogP contribution is -2.34. The number of carbonyl (C=O) groups excluding carboxylic acids is 1. The van der Waals surface area contributed by atoms with E-state index in [-0.39, 0.29) is 41.7 Å². The lowest BCUT2D eigenvalue weighted by molar-refractivity contribution is -0.146. The summed E-state index contributed by atoms with van der Waals surface area (Å²) < 4.78 is 5.18. The van der Waals surface area contributed by atoms with Crippen LogP contribution in [0.3, 0.4) is 0 Å². The molecule has 0 aromatic carbocycles. The molecule has 25 heavy (non-hydrogen) atoms. The second-order valence-electron chi connectivity index (χ2n) is 4.84. The van der Waals surface area contributed by atoms with Gasteiger partial charge in [-0.25, -0.2) is 9.97 Å². The van der Waals surface area contributed by atoms with Gasteiger partial charge in [0, 0.05) is 13.2 Å². The summed E-state index contributed by atoms with van der Waals surface area (Å²) in [5.74, 6) is 0.239. The van der Waals surface area contributed by atoms with Crippen LogP contribution < -0.4 is 11.1 Å². The molecule has 0 unspecified atom stereocenters. The lowest BCUT2D eigenvalue weighted by atomic mass is 10.1. The number of esters is 1. The van der Waals surface area contributed by atoms with E-state index in [1.54, 1.807) is 25.4 Å². The maximum absolute atomic E-state index is 12.0. The van der Waals surface area contributed by atoms with Crippen LogP contribution in [-0.2, 0) is 22.6 Å². The van der Waals surface area contributed by atoms with Crippen LogP contribution in [-0.4, -0.2) is 29.0 Å². The van der Waals surface area contributed by atoms with Crippen molar-refractivity contribution in [3.63, 3.8) is 0 Å². The zero-order valence-corrected chi connectivity index (χ0v) is 16.4. The Bertz CT molecular complexity index is 665. The average Bonchev–Trinajstić information content (AvgIpc) is 2.52. The predicted octanol–water partition coefficient (Wildman–Crippen LogP) is 3.28. The maximum Gasteiger partial charge on any atom is 0.323 e. The topological polar surface area (TPSA) is 90.1 Å². The third-order valence-electron chi connectivity index (χ3n) is 3.04. The summed E-state index contributed by atoms with van der Waals surface area (Å²) in [6.07, 6.45) is 2.01. The number of nitrogens with one attached hydrogen (secondary N) is 1. The molecule has 2 aromatic rings. The highest BCUT2D eigenvalue weighted by Gasteiger charge is 2.16. The SMILES string of the molecule is CNc1ccc(C[C@H](N)C(=O)OCc2cc(Cl)nc(Cl)c2)cn1.Cl.Cl. The Morgan fingerprint density at radius 3 is 2.40 bits per heavy atom. The second-order valence-corrected chi connectivity index (χ2v) is 5.62. The first kappa shape index (κ1) is 23.7. The van der Waals surface area contributed by atoms with Crippen molar-refractivity contribution >= 4 is 59.8 Å². The summed E-state index contributed by atoms with van der Waals surface area (Å²) in [6.45, 7) is 0.0332. The first-order valence-corrected chi connectivity index (χ1v) is 7.60. The predicted molar refractivity (Wildman–Crippen MR) is 104 cm³/mol. The number of rotatable bonds is 6. The van der Waals surface area contributed by atoms with Crippen LogP contribution in [0.4, 0.5) is 5.82 Å². The second kappa shape index (κ2) is 11.3. The Balaban J connectivity index is 0.00000288. The van der Waals surface area contributed by atoms with E-state index in [0.29, 0.717) is 12.0 Å². The molecule has 138 valence electrons. The molecule has 2 heterocycles. The van der Waals surface area contributed by atoms with Crippen molar-refractivity contribution in [2.75, 3.05) is 12.4 Å². The molecule has 0 saturated carbocycles. The molecular formula is C15H18Cl4N4O2. The van der Waals surface area contributed by atoms with Gasteiger partial charge in [-0.1, -0.05) is 29.3 Å². The third kappa shape index (κ3) is 7.63. The highest BCUT2D eigenvalue weighted by molar-refractivity contribution is 6.32. The molecule has 0 amide bonds. The van der Waals surface area contributed by atoms with Crippen molar-refractivity contribution in [2.24, 2.45) is 5.73 Å². The summed E-state index contributed by atoms with van der Waals surface area (Å²) >= 11 is 11.6. The van der Waals surface area contributed by atoms with Crippen molar-refractivity contribution in [1.82, 2.24) is 9.97 Å². The fourth-order valence-corrected chi connectivity index (χ4v) is 2.40. The molecule has 0 aliphatic rings. The zero-order valence-electron chi connectivity index (χ0n) is 13.2. The number of nitrogens with zero attached hydrogens (tertiary/aromatic N) is 2. The van der Waals surface area contributed by atoms with Gasteiger partial charge < -0.3 is 15.8 Å². The summed E-state index contributed by atoms with van der Waals surface area (Å²) in [6, 6.07) is 6.05. The molecule has 1 atom stereocenters. The van der Waals surface area contributed by atoms with Gasteiger partial charge in [-0.15, -0.1) is 24.8 Å². The van der Waals surface area contributed by atoms with Crippen LogP contribution in [0, 0.1) is 0 Å². The number of hydrogen-bond acceptors (Lipinski definition) is 6. The third-order valence-corrected chi connectivity index (χ3v) is 3.43. The Labute approximate surface area is 168 Å². The largest absolute Gasteiger partial charge is 0.460 e. The highest BCUT2D eigenvalue weighted by atomic mass is 35.5. The van der Waals surface area contributed by atoms with E-state index in [4.69, 9.17) is 33.7 Å². The fraction of sp³-hybridized carbons (Fsp3) is 0.267. The molecule has 0 radical (unpaired) electrons.